The van der Waals surface area contributed by atoms with Crippen molar-refractivity contribution in [1.82, 2.24) is 0 Å². The van der Waals surface area contributed by atoms with Crippen LogP contribution in [0.4, 0.5) is 13.2 Å². The van der Waals surface area contributed by atoms with Gasteiger partial charge in [0.05, 0.1) is 0 Å². The summed E-state index contributed by atoms with van der Waals surface area (Å²) in [4.78, 5) is 0. The van der Waals surface area contributed by atoms with Crippen LogP contribution in [0.2, 0.25) is 0 Å². The van der Waals surface area contributed by atoms with Gasteiger partial charge >= 0.3 is 6.18 Å². The third-order valence-electron chi connectivity index (χ3n) is 3.90. The van der Waals surface area contributed by atoms with Gasteiger partial charge in [-0.1, -0.05) is 27.2 Å². The lowest BCUT2D eigenvalue weighted by Crippen LogP contribution is -2.53. The molecular weight excluding hydrogens is 215 g/mol. The molecule has 1 aliphatic rings. The molecule has 0 radical (unpaired) electrons. The Morgan fingerprint density at radius 1 is 1.06 bits per heavy atom. The minimum Gasteiger partial charge on any atom is -0.318 e. The van der Waals surface area contributed by atoms with E-state index in [1.807, 2.05) is 0 Å². The van der Waals surface area contributed by atoms with Gasteiger partial charge in [-0.25, -0.2) is 0 Å². The smallest absolute Gasteiger partial charge is 0.318 e. The fraction of sp³-hybridized carbons (Fsp3) is 1.00. The average Bonchev–Trinajstić information content (AvgIpc) is 2.25. The van der Waals surface area contributed by atoms with E-state index in [0.29, 0.717) is 18.8 Å². The van der Waals surface area contributed by atoms with Gasteiger partial charge in [-0.05, 0) is 37.0 Å². The van der Waals surface area contributed by atoms with E-state index in [-0.39, 0.29) is 18.3 Å². The Morgan fingerprint density at radius 2 is 1.62 bits per heavy atom. The number of hydrogen-bond donors (Lipinski definition) is 1. The zero-order chi connectivity index (χ0) is 12.6. The van der Waals surface area contributed by atoms with Crippen molar-refractivity contribution in [2.45, 2.75) is 64.6 Å². The van der Waals surface area contributed by atoms with Gasteiger partial charge in [0.25, 0.3) is 0 Å². The summed E-state index contributed by atoms with van der Waals surface area (Å²) in [6.45, 7) is 6.28. The van der Waals surface area contributed by atoms with E-state index in [2.05, 4.69) is 20.8 Å². The molecule has 1 rings (SSSR count). The second-order valence-corrected chi connectivity index (χ2v) is 6.15. The highest BCUT2D eigenvalue weighted by atomic mass is 19.4. The molecule has 0 unspecified atom stereocenters. The minimum atomic E-state index is -4.26. The summed E-state index contributed by atoms with van der Waals surface area (Å²) in [5.41, 5.74) is 3.65. The quantitative estimate of drug-likeness (QED) is 0.636. The number of hydrogen-bond acceptors (Lipinski definition) is 1. The standard InChI is InChI=1S/C12H22F3N/c1-10(2,3)9-5-4-7-11(16,8-6-9)12(13,14)15/h9H,4-8,16H2,1-3H3/t9-,11-/m0/s1. The molecule has 0 aliphatic heterocycles. The molecule has 1 saturated carbocycles. The Kier molecular flexibility index (Phi) is 3.63. The Hall–Kier alpha value is -0.250. The zero-order valence-electron chi connectivity index (χ0n) is 10.3. The summed E-state index contributed by atoms with van der Waals surface area (Å²) in [6.07, 6.45) is -2.10. The van der Waals surface area contributed by atoms with E-state index in [0.717, 1.165) is 6.42 Å². The highest BCUT2D eigenvalue weighted by Gasteiger charge is 2.52. The molecule has 0 heterocycles. The van der Waals surface area contributed by atoms with E-state index < -0.39 is 11.7 Å². The topological polar surface area (TPSA) is 26.0 Å². The number of rotatable bonds is 0. The Morgan fingerprint density at radius 3 is 2.06 bits per heavy atom. The fourth-order valence-electron chi connectivity index (χ4n) is 2.51. The molecular formula is C12H22F3N. The fourth-order valence-corrected chi connectivity index (χ4v) is 2.51. The molecule has 0 spiro atoms. The van der Waals surface area contributed by atoms with Crippen LogP contribution >= 0.6 is 0 Å². The number of nitrogens with two attached hydrogens (primary N) is 1. The van der Waals surface area contributed by atoms with Crippen molar-refractivity contribution in [2.24, 2.45) is 17.1 Å². The molecule has 0 bridgehead atoms. The van der Waals surface area contributed by atoms with Crippen LogP contribution in [0.1, 0.15) is 52.9 Å². The lowest BCUT2D eigenvalue weighted by Gasteiger charge is -2.32. The van der Waals surface area contributed by atoms with Gasteiger partial charge in [-0.2, -0.15) is 13.2 Å². The summed E-state index contributed by atoms with van der Waals surface area (Å²) >= 11 is 0. The molecule has 2 atom stereocenters. The molecule has 1 fully saturated rings. The van der Waals surface area contributed by atoms with Crippen LogP contribution in [-0.2, 0) is 0 Å². The number of alkyl halides is 3. The molecule has 0 amide bonds. The van der Waals surface area contributed by atoms with Gasteiger partial charge in [-0.15, -0.1) is 0 Å². The molecule has 0 aromatic rings. The second kappa shape index (κ2) is 4.21. The summed E-state index contributed by atoms with van der Waals surface area (Å²) in [7, 11) is 0. The van der Waals surface area contributed by atoms with Crippen molar-refractivity contribution >= 4 is 0 Å². The van der Waals surface area contributed by atoms with Crippen molar-refractivity contribution < 1.29 is 13.2 Å². The molecule has 0 aromatic heterocycles. The van der Waals surface area contributed by atoms with E-state index in [1.54, 1.807) is 0 Å². The van der Waals surface area contributed by atoms with E-state index in [1.165, 1.54) is 0 Å². The summed E-state index contributed by atoms with van der Waals surface area (Å²) < 4.78 is 38.4. The number of halogens is 3. The first-order valence-corrected chi connectivity index (χ1v) is 5.92. The first kappa shape index (κ1) is 13.8. The highest BCUT2D eigenvalue weighted by molar-refractivity contribution is 4.95. The van der Waals surface area contributed by atoms with Crippen LogP contribution in [0.3, 0.4) is 0 Å². The van der Waals surface area contributed by atoms with E-state index >= 15 is 0 Å². The predicted molar refractivity (Wildman–Crippen MR) is 59.0 cm³/mol. The largest absolute Gasteiger partial charge is 0.406 e. The van der Waals surface area contributed by atoms with Crippen molar-refractivity contribution in [3.05, 3.63) is 0 Å². The maximum Gasteiger partial charge on any atom is 0.406 e. The maximum atomic E-state index is 12.8. The first-order valence-electron chi connectivity index (χ1n) is 5.92. The summed E-state index contributed by atoms with van der Waals surface area (Å²) in [5.74, 6) is 0.347. The van der Waals surface area contributed by atoms with E-state index in [4.69, 9.17) is 5.73 Å². The lowest BCUT2D eigenvalue weighted by molar-refractivity contribution is -0.189. The van der Waals surface area contributed by atoms with Gasteiger partial charge in [-0.3, -0.25) is 0 Å². The first-order chi connectivity index (χ1) is 7.06. The van der Waals surface area contributed by atoms with E-state index in [9.17, 15) is 13.2 Å². The van der Waals surface area contributed by atoms with Gasteiger partial charge < -0.3 is 5.73 Å². The Labute approximate surface area is 95.6 Å². The third-order valence-corrected chi connectivity index (χ3v) is 3.90. The van der Waals surface area contributed by atoms with Gasteiger partial charge in [0.2, 0.25) is 0 Å². The summed E-state index contributed by atoms with van der Waals surface area (Å²) in [6, 6.07) is 0. The Balaban J connectivity index is 2.73. The van der Waals surface area contributed by atoms with Crippen LogP contribution < -0.4 is 5.73 Å². The van der Waals surface area contributed by atoms with Gasteiger partial charge in [0.1, 0.15) is 5.54 Å². The SMILES string of the molecule is CC(C)(C)[C@H]1CCC[C@@](N)(C(F)(F)F)CC1. The summed E-state index contributed by atoms with van der Waals surface area (Å²) in [5, 5.41) is 0. The molecule has 2 N–H and O–H groups in total. The normalized spacial score (nSPS) is 33.6. The van der Waals surface area contributed by atoms with Crippen molar-refractivity contribution in [1.29, 1.82) is 0 Å². The maximum absolute atomic E-state index is 12.8. The molecule has 0 aromatic carbocycles. The predicted octanol–water partition coefficient (Wildman–Crippen LogP) is 3.87. The molecule has 16 heavy (non-hydrogen) atoms. The minimum absolute atomic E-state index is 0.0679. The molecule has 4 heteroatoms. The monoisotopic (exact) mass is 237 g/mol. The average molecular weight is 237 g/mol. The van der Waals surface area contributed by atoms with Crippen LogP contribution in [0.15, 0.2) is 0 Å². The van der Waals surface area contributed by atoms with Crippen molar-refractivity contribution in [2.75, 3.05) is 0 Å². The van der Waals surface area contributed by atoms with Crippen molar-refractivity contribution in [3.63, 3.8) is 0 Å². The second-order valence-electron chi connectivity index (χ2n) is 6.15. The van der Waals surface area contributed by atoms with Gasteiger partial charge in [0, 0.05) is 0 Å². The van der Waals surface area contributed by atoms with Crippen LogP contribution in [0.25, 0.3) is 0 Å². The third kappa shape index (κ3) is 2.90. The van der Waals surface area contributed by atoms with Gasteiger partial charge in [0.15, 0.2) is 0 Å². The van der Waals surface area contributed by atoms with Crippen LogP contribution in [0, 0.1) is 11.3 Å². The Bertz CT molecular complexity index is 242. The molecule has 96 valence electrons. The lowest BCUT2D eigenvalue weighted by atomic mass is 9.76. The molecule has 1 nitrogen and oxygen atoms in total. The highest BCUT2D eigenvalue weighted by Crippen LogP contribution is 2.44. The van der Waals surface area contributed by atoms with Crippen LogP contribution in [0.5, 0.6) is 0 Å². The van der Waals surface area contributed by atoms with Crippen molar-refractivity contribution in [3.8, 4) is 0 Å². The zero-order valence-corrected chi connectivity index (χ0v) is 10.3. The molecule has 1 aliphatic carbocycles. The van der Waals surface area contributed by atoms with Crippen LogP contribution in [-0.4, -0.2) is 11.7 Å². The molecule has 0 saturated heterocycles.